The summed E-state index contributed by atoms with van der Waals surface area (Å²) in [5.74, 6) is 0.456. The van der Waals surface area contributed by atoms with Crippen molar-refractivity contribution >= 4 is 16.8 Å². The lowest BCUT2D eigenvalue weighted by molar-refractivity contribution is 0.0926. The maximum Gasteiger partial charge on any atom is 0.252 e. The number of hydrogen-bond donors (Lipinski definition) is 1. The lowest BCUT2D eigenvalue weighted by Gasteiger charge is -2.35. The summed E-state index contributed by atoms with van der Waals surface area (Å²) in [6.07, 6.45) is 3.71. The second-order valence-corrected chi connectivity index (χ2v) is 10.1. The summed E-state index contributed by atoms with van der Waals surface area (Å²) in [4.78, 5) is 21.0. The molecule has 1 aromatic heterocycles. The van der Waals surface area contributed by atoms with E-state index in [1.165, 1.54) is 30.4 Å². The normalized spacial score (nSPS) is 15.2. The zero-order valence-corrected chi connectivity index (χ0v) is 21.3. The number of aromatic nitrogens is 1. The minimum absolute atomic E-state index is 0.0495. The van der Waals surface area contributed by atoms with Gasteiger partial charge in [0.2, 0.25) is 0 Å². The molecule has 1 atom stereocenters. The lowest BCUT2D eigenvalue weighted by atomic mass is 9.97. The van der Waals surface area contributed by atoms with Crippen LogP contribution in [0.25, 0.3) is 22.2 Å². The fourth-order valence-electron chi connectivity index (χ4n) is 5.20. The Morgan fingerprint density at radius 1 is 0.861 bits per heavy atom. The highest BCUT2D eigenvalue weighted by molar-refractivity contribution is 6.07. The summed E-state index contributed by atoms with van der Waals surface area (Å²) in [6, 6.07) is 29.0. The topological polar surface area (TPSA) is 45.2 Å². The van der Waals surface area contributed by atoms with Crippen LogP contribution >= 0.6 is 0 Å². The van der Waals surface area contributed by atoms with Crippen molar-refractivity contribution in [2.24, 2.45) is 0 Å². The maximum atomic E-state index is 13.6. The van der Waals surface area contributed by atoms with Gasteiger partial charge in [-0.05, 0) is 55.1 Å². The van der Waals surface area contributed by atoms with Crippen molar-refractivity contribution in [1.82, 2.24) is 15.2 Å². The van der Waals surface area contributed by atoms with Gasteiger partial charge in [0.25, 0.3) is 5.91 Å². The second-order valence-electron chi connectivity index (χ2n) is 10.1. The molecule has 2 heterocycles. The number of para-hydroxylation sites is 1. The molecule has 0 saturated carbocycles. The number of carbonyl (C=O) groups excluding carboxylic acids is 1. The van der Waals surface area contributed by atoms with Gasteiger partial charge < -0.3 is 5.32 Å². The molecule has 1 aliphatic heterocycles. The largest absolute Gasteiger partial charge is 0.350 e. The van der Waals surface area contributed by atoms with Gasteiger partial charge in [-0.2, -0.15) is 0 Å². The van der Waals surface area contributed by atoms with Crippen LogP contribution < -0.4 is 5.32 Å². The summed E-state index contributed by atoms with van der Waals surface area (Å²) in [5.41, 5.74) is 5.95. The molecule has 1 amide bonds. The van der Waals surface area contributed by atoms with Crippen LogP contribution in [0.5, 0.6) is 0 Å². The zero-order valence-electron chi connectivity index (χ0n) is 21.3. The Balaban J connectivity index is 1.43. The summed E-state index contributed by atoms with van der Waals surface area (Å²) < 4.78 is 0. The van der Waals surface area contributed by atoms with Crippen LogP contribution in [-0.2, 0) is 0 Å². The fourth-order valence-corrected chi connectivity index (χ4v) is 5.20. The molecule has 1 aliphatic rings. The lowest BCUT2D eigenvalue weighted by Crippen LogP contribution is -2.40. The molecule has 184 valence electrons. The molecular weight excluding hydrogens is 442 g/mol. The first-order valence-corrected chi connectivity index (χ1v) is 13.2. The minimum Gasteiger partial charge on any atom is -0.350 e. The van der Waals surface area contributed by atoms with Gasteiger partial charge in [-0.15, -0.1) is 0 Å². The van der Waals surface area contributed by atoms with Crippen LogP contribution in [0, 0.1) is 0 Å². The number of fused-ring (bicyclic) bond motifs is 1. The predicted molar refractivity (Wildman–Crippen MR) is 148 cm³/mol. The van der Waals surface area contributed by atoms with Crippen LogP contribution in [0.4, 0.5) is 0 Å². The molecule has 0 bridgehead atoms. The molecule has 0 radical (unpaired) electrons. The van der Waals surface area contributed by atoms with E-state index in [1.54, 1.807) is 0 Å². The summed E-state index contributed by atoms with van der Waals surface area (Å²) in [5, 5.41) is 4.17. The van der Waals surface area contributed by atoms with Gasteiger partial charge in [0.1, 0.15) is 0 Å². The molecule has 5 rings (SSSR count). The van der Waals surface area contributed by atoms with E-state index in [1.807, 2.05) is 60.7 Å². The van der Waals surface area contributed by atoms with Crippen LogP contribution in [0.2, 0.25) is 0 Å². The van der Waals surface area contributed by atoms with Crippen molar-refractivity contribution in [2.45, 2.75) is 45.1 Å². The Bertz CT molecular complexity index is 1310. The standard InChI is InChI=1S/C32H35N3O/c1-23(2)24-15-17-26(18-16-24)31(35-19-9-4-10-20-35)22-33-32(36)28-21-30(25-11-5-3-6-12-25)34-29-14-8-7-13-27(28)29/h3,5-8,11-18,21,23,31H,4,9-10,19-20,22H2,1-2H3,(H,33,36)/t31-/m0/s1. The first kappa shape index (κ1) is 24.2. The van der Waals surface area contributed by atoms with Crippen molar-refractivity contribution in [2.75, 3.05) is 19.6 Å². The first-order chi connectivity index (χ1) is 17.6. The Labute approximate surface area is 214 Å². The van der Waals surface area contributed by atoms with Gasteiger partial charge in [-0.25, -0.2) is 4.98 Å². The minimum atomic E-state index is -0.0495. The van der Waals surface area contributed by atoms with Crippen molar-refractivity contribution in [3.05, 3.63) is 102 Å². The summed E-state index contributed by atoms with van der Waals surface area (Å²) >= 11 is 0. The van der Waals surface area contributed by atoms with E-state index in [4.69, 9.17) is 4.98 Å². The van der Waals surface area contributed by atoms with E-state index in [2.05, 4.69) is 48.3 Å². The summed E-state index contributed by atoms with van der Waals surface area (Å²) in [7, 11) is 0. The van der Waals surface area contributed by atoms with E-state index >= 15 is 0 Å². The van der Waals surface area contributed by atoms with Crippen molar-refractivity contribution < 1.29 is 4.79 Å². The van der Waals surface area contributed by atoms with Gasteiger partial charge in [-0.1, -0.05) is 93.1 Å². The van der Waals surface area contributed by atoms with Crippen molar-refractivity contribution in [3.8, 4) is 11.3 Å². The fraction of sp³-hybridized carbons (Fsp3) is 0.312. The molecule has 1 N–H and O–H groups in total. The van der Waals surface area contributed by atoms with E-state index in [0.29, 0.717) is 18.0 Å². The Morgan fingerprint density at radius 2 is 1.53 bits per heavy atom. The molecule has 0 unspecified atom stereocenters. The van der Waals surface area contributed by atoms with Crippen molar-refractivity contribution in [3.63, 3.8) is 0 Å². The molecular formula is C32H35N3O. The van der Waals surface area contributed by atoms with Crippen molar-refractivity contribution in [1.29, 1.82) is 0 Å². The number of amides is 1. The number of rotatable bonds is 7. The zero-order chi connectivity index (χ0) is 24.9. The average Bonchev–Trinajstić information content (AvgIpc) is 2.93. The highest BCUT2D eigenvalue weighted by atomic mass is 16.1. The number of carbonyl (C=O) groups is 1. The van der Waals surface area contributed by atoms with Gasteiger partial charge >= 0.3 is 0 Å². The Morgan fingerprint density at radius 3 is 2.25 bits per heavy atom. The average molecular weight is 478 g/mol. The number of benzene rings is 3. The molecule has 0 spiro atoms. The Hall–Kier alpha value is -3.50. The monoisotopic (exact) mass is 477 g/mol. The van der Waals surface area contributed by atoms with E-state index < -0.39 is 0 Å². The van der Waals surface area contributed by atoms with E-state index in [9.17, 15) is 4.79 Å². The molecule has 1 fully saturated rings. The molecule has 4 aromatic rings. The molecule has 4 heteroatoms. The highest BCUT2D eigenvalue weighted by Gasteiger charge is 2.24. The molecule has 4 nitrogen and oxygen atoms in total. The Kier molecular flexibility index (Phi) is 7.43. The number of piperidine rings is 1. The second kappa shape index (κ2) is 11.0. The van der Waals surface area contributed by atoms with Gasteiger partial charge in [0.05, 0.1) is 22.8 Å². The number of hydrogen-bond acceptors (Lipinski definition) is 3. The van der Waals surface area contributed by atoms with Crippen LogP contribution in [0.15, 0.2) is 84.9 Å². The van der Waals surface area contributed by atoms with Crippen LogP contribution in [0.3, 0.4) is 0 Å². The molecule has 36 heavy (non-hydrogen) atoms. The van der Waals surface area contributed by atoms with Gasteiger partial charge in [0.15, 0.2) is 0 Å². The van der Waals surface area contributed by atoms with Crippen LogP contribution in [-0.4, -0.2) is 35.4 Å². The van der Waals surface area contributed by atoms with E-state index in [0.717, 1.165) is 35.2 Å². The van der Waals surface area contributed by atoms with Gasteiger partial charge in [0, 0.05) is 17.5 Å². The maximum absolute atomic E-state index is 13.6. The number of nitrogens with zero attached hydrogens (tertiary/aromatic N) is 2. The quantitative estimate of drug-likeness (QED) is 0.312. The van der Waals surface area contributed by atoms with E-state index in [-0.39, 0.29) is 11.9 Å². The first-order valence-electron chi connectivity index (χ1n) is 13.2. The third kappa shape index (κ3) is 5.34. The van der Waals surface area contributed by atoms with Crippen LogP contribution in [0.1, 0.15) is 66.6 Å². The molecule has 3 aromatic carbocycles. The number of likely N-dealkylation sites (tertiary alicyclic amines) is 1. The SMILES string of the molecule is CC(C)c1ccc([C@H](CNC(=O)c2cc(-c3ccccc3)nc3ccccc23)N2CCCCC2)cc1. The predicted octanol–water partition coefficient (Wildman–Crippen LogP) is 6.98. The molecule has 0 aliphatic carbocycles. The molecule has 1 saturated heterocycles. The summed E-state index contributed by atoms with van der Waals surface area (Å²) in [6.45, 7) is 7.17. The highest BCUT2D eigenvalue weighted by Crippen LogP contribution is 2.28. The third-order valence-corrected chi connectivity index (χ3v) is 7.31. The number of pyridine rings is 1. The third-order valence-electron chi connectivity index (χ3n) is 7.31. The van der Waals surface area contributed by atoms with Gasteiger partial charge in [-0.3, -0.25) is 9.69 Å². The number of nitrogens with one attached hydrogen (secondary N) is 1. The smallest absolute Gasteiger partial charge is 0.252 e.